The summed E-state index contributed by atoms with van der Waals surface area (Å²) in [6, 6.07) is 12.0. The first kappa shape index (κ1) is 16.5. The van der Waals surface area contributed by atoms with Crippen LogP contribution in [0.4, 0.5) is 0 Å². The third-order valence-corrected chi connectivity index (χ3v) is 4.32. The number of methoxy groups -OCH3 is 1. The smallest absolute Gasteiger partial charge is 0.290 e. The SMILES string of the molecule is COc1cc(C(=O)NC[C@H]2CCCN(Cc3ccccc3)C2)on1. The summed E-state index contributed by atoms with van der Waals surface area (Å²) in [7, 11) is 1.49. The van der Waals surface area contributed by atoms with Crippen LogP contribution < -0.4 is 10.1 Å². The Hall–Kier alpha value is -2.34. The van der Waals surface area contributed by atoms with E-state index in [-0.39, 0.29) is 11.7 Å². The molecule has 1 amide bonds. The van der Waals surface area contributed by atoms with E-state index in [9.17, 15) is 4.79 Å². The van der Waals surface area contributed by atoms with E-state index in [2.05, 4.69) is 39.6 Å². The fourth-order valence-electron chi connectivity index (χ4n) is 3.09. The van der Waals surface area contributed by atoms with Gasteiger partial charge in [-0.1, -0.05) is 30.3 Å². The van der Waals surface area contributed by atoms with Crippen LogP contribution in [0.3, 0.4) is 0 Å². The van der Waals surface area contributed by atoms with Crippen LogP contribution in [0.5, 0.6) is 5.88 Å². The molecule has 1 aromatic heterocycles. The first-order valence-electron chi connectivity index (χ1n) is 8.30. The van der Waals surface area contributed by atoms with Crippen LogP contribution in [0.1, 0.15) is 29.0 Å². The number of carbonyl (C=O) groups is 1. The second kappa shape index (κ2) is 7.97. The van der Waals surface area contributed by atoms with Crippen molar-refractivity contribution in [2.24, 2.45) is 5.92 Å². The molecular formula is C18H23N3O3. The fraction of sp³-hybridized carbons (Fsp3) is 0.444. The van der Waals surface area contributed by atoms with Crippen molar-refractivity contribution in [3.8, 4) is 5.88 Å². The molecule has 0 unspecified atom stereocenters. The molecule has 0 spiro atoms. The molecule has 1 aliphatic rings. The minimum Gasteiger partial charge on any atom is -0.479 e. The summed E-state index contributed by atoms with van der Waals surface area (Å²) in [5.41, 5.74) is 1.33. The van der Waals surface area contributed by atoms with Gasteiger partial charge in [0.15, 0.2) is 0 Å². The van der Waals surface area contributed by atoms with Gasteiger partial charge in [0.2, 0.25) is 5.76 Å². The maximum Gasteiger partial charge on any atom is 0.290 e. The average Bonchev–Trinajstić information content (AvgIpc) is 3.10. The first-order valence-corrected chi connectivity index (χ1v) is 8.30. The van der Waals surface area contributed by atoms with Crippen molar-refractivity contribution in [3.63, 3.8) is 0 Å². The standard InChI is InChI=1S/C18H23N3O3/c1-23-17-10-16(24-20-17)18(22)19-11-15-8-5-9-21(13-15)12-14-6-3-2-4-7-14/h2-4,6-7,10,15H,5,8-9,11-13H2,1H3,(H,19,22)/t15-/m1/s1. The second-order valence-corrected chi connectivity index (χ2v) is 6.17. The maximum absolute atomic E-state index is 12.1. The first-order chi connectivity index (χ1) is 11.7. The lowest BCUT2D eigenvalue weighted by Crippen LogP contribution is -2.40. The van der Waals surface area contributed by atoms with E-state index in [1.807, 2.05) is 6.07 Å². The van der Waals surface area contributed by atoms with Gasteiger partial charge >= 0.3 is 0 Å². The highest BCUT2D eigenvalue weighted by Gasteiger charge is 2.21. The fourth-order valence-corrected chi connectivity index (χ4v) is 3.09. The quantitative estimate of drug-likeness (QED) is 0.881. The molecule has 1 saturated heterocycles. The van der Waals surface area contributed by atoms with E-state index in [1.54, 1.807) is 0 Å². The average molecular weight is 329 g/mol. The number of hydrogen-bond donors (Lipinski definition) is 1. The number of amides is 1. The Morgan fingerprint density at radius 3 is 3.00 bits per heavy atom. The number of nitrogens with one attached hydrogen (secondary N) is 1. The van der Waals surface area contributed by atoms with E-state index in [0.717, 1.165) is 32.5 Å². The molecule has 1 fully saturated rings. The van der Waals surface area contributed by atoms with Crippen molar-refractivity contribution in [3.05, 3.63) is 47.7 Å². The molecular weight excluding hydrogens is 306 g/mol. The van der Waals surface area contributed by atoms with Gasteiger partial charge in [-0.25, -0.2) is 0 Å². The third kappa shape index (κ3) is 4.35. The molecule has 1 aliphatic heterocycles. The highest BCUT2D eigenvalue weighted by Crippen LogP contribution is 2.18. The molecule has 1 N–H and O–H groups in total. The van der Waals surface area contributed by atoms with Gasteiger partial charge in [0, 0.05) is 19.6 Å². The summed E-state index contributed by atoms with van der Waals surface area (Å²) in [5, 5.41) is 6.58. The lowest BCUT2D eigenvalue weighted by molar-refractivity contribution is 0.0894. The van der Waals surface area contributed by atoms with Gasteiger partial charge in [-0.2, -0.15) is 0 Å². The number of aromatic nitrogens is 1. The molecule has 128 valence electrons. The minimum atomic E-state index is -0.244. The predicted octanol–water partition coefficient (Wildman–Crippen LogP) is 2.33. The van der Waals surface area contributed by atoms with Crippen LogP contribution in [0.15, 0.2) is 40.9 Å². The van der Waals surface area contributed by atoms with Crippen molar-refractivity contribution in [1.82, 2.24) is 15.4 Å². The maximum atomic E-state index is 12.1. The molecule has 6 heteroatoms. The van der Waals surface area contributed by atoms with Crippen LogP contribution in [-0.2, 0) is 6.54 Å². The summed E-state index contributed by atoms with van der Waals surface area (Å²) >= 11 is 0. The Morgan fingerprint density at radius 1 is 1.42 bits per heavy atom. The molecule has 1 aromatic carbocycles. The number of ether oxygens (including phenoxy) is 1. The van der Waals surface area contributed by atoms with Crippen molar-refractivity contribution in [2.75, 3.05) is 26.7 Å². The topological polar surface area (TPSA) is 67.6 Å². The third-order valence-electron chi connectivity index (χ3n) is 4.32. The highest BCUT2D eigenvalue weighted by atomic mass is 16.5. The number of hydrogen-bond acceptors (Lipinski definition) is 5. The van der Waals surface area contributed by atoms with E-state index < -0.39 is 0 Å². The normalized spacial score (nSPS) is 18.3. The van der Waals surface area contributed by atoms with Crippen molar-refractivity contribution >= 4 is 5.91 Å². The Morgan fingerprint density at radius 2 is 2.25 bits per heavy atom. The molecule has 0 aliphatic carbocycles. The molecule has 0 bridgehead atoms. The van der Waals surface area contributed by atoms with Crippen LogP contribution in [0.25, 0.3) is 0 Å². The molecule has 24 heavy (non-hydrogen) atoms. The van der Waals surface area contributed by atoms with Crippen LogP contribution in [0, 0.1) is 5.92 Å². The van der Waals surface area contributed by atoms with Gasteiger partial charge in [0.1, 0.15) is 0 Å². The number of carbonyl (C=O) groups excluding carboxylic acids is 1. The molecule has 6 nitrogen and oxygen atoms in total. The molecule has 3 rings (SSSR count). The Labute approximate surface area is 141 Å². The number of rotatable bonds is 6. The lowest BCUT2D eigenvalue weighted by atomic mass is 9.97. The summed E-state index contributed by atoms with van der Waals surface area (Å²) in [5.74, 6) is 0.706. The van der Waals surface area contributed by atoms with E-state index in [1.165, 1.54) is 18.7 Å². The van der Waals surface area contributed by atoms with E-state index in [0.29, 0.717) is 18.3 Å². The Kier molecular flexibility index (Phi) is 5.48. The van der Waals surface area contributed by atoms with Gasteiger partial charge in [-0.05, 0) is 36.0 Å². The van der Waals surface area contributed by atoms with E-state index >= 15 is 0 Å². The van der Waals surface area contributed by atoms with Gasteiger partial charge in [0.05, 0.1) is 13.2 Å². The van der Waals surface area contributed by atoms with Gasteiger partial charge in [-0.15, -0.1) is 0 Å². The summed E-state index contributed by atoms with van der Waals surface area (Å²) in [6.45, 7) is 3.71. The van der Waals surface area contributed by atoms with Gasteiger partial charge < -0.3 is 14.6 Å². The lowest BCUT2D eigenvalue weighted by Gasteiger charge is -2.32. The van der Waals surface area contributed by atoms with Crippen molar-refractivity contribution in [1.29, 1.82) is 0 Å². The Bertz CT molecular complexity index is 657. The molecule has 0 saturated carbocycles. The zero-order valence-corrected chi connectivity index (χ0v) is 13.9. The predicted molar refractivity (Wildman–Crippen MR) is 89.8 cm³/mol. The van der Waals surface area contributed by atoms with Crippen LogP contribution >= 0.6 is 0 Å². The molecule has 2 aromatic rings. The van der Waals surface area contributed by atoms with Crippen molar-refractivity contribution < 1.29 is 14.1 Å². The second-order valence-electron chi connectivity index (χ2n) is 6.17. The molecule has 0 radical (unpaired) electrons. The number of nitrogens with zero attached hydrogens (tertiary/aromatic N) is 2. The van der Waals surface area contributed by atoms with Gasteiger partial charge in [0.25, 0.3) is 11.8 Å². The van der Waals surface area contributed by atoms with Crippen LogP contribution in [-0.4, -0.2) is 42.7 Å². The minimum absolute atomic E-state index is 0.184. The molecule has 1 atom stereocenters. The van der Waals surface area contributed by atoms with Crippen molar-refractivity contribution in [2.45, 2.75) is 19.4 Å². The number of piperidine rings is 1. The number of benzene rings is 1. The van der Waals surface area contributed by atoms with Gasteiger partial charge in [-0.3, -0.25) is 9.69 Å². The summed E-state index contributed by atoms with van der Waals surface area (Å²) in [6.07, 6.45) is 2.29. The zero-order chi connectivity index (χ0) is 16.8. The van der Waals surface area contributed by atoms with Crippen LogP contribution in [0.2, 0.25) is 0 Å². The largest absolute Gasteiger partial charge is 0.479 e. The molecule has 2 heterocycles. The zero-order valence-electron chi connectivity index (χ0n) is 13.9. The summed E-state index contributed by atoms with van der Waals surface area (Å²) < 4.78 is 9.88. The number of likely N-dealkylation sites (tertiary alicyclic amines) is 1. The van der Waals surface area contributed by atoms with E-state index in [4.69, 9.17) is 9.26 Å². The monoisotopic (exact) mass is 329 g/mol. The highest BCUT2D eigenvalue weighted by molar-refractivity contribution is 5.91. The Balaban J connectivity index is 1.47. The summed E-state index contributed by atoms with van der Waals surface area (Å²) in [4.78, 5) is 14.5.